The molecule has 1 aliphatic carbocycles. The van der Waals surface area contributed by atoms with Crippen molar-refractivity contribution in [3.8, 4) is 11.1 Å². The first-order valence-corrected chi connectivity index (χ1v) is 13.1. The van der Waals surface area contributed by atoms with E-state index in [0.29, 0.717) is 10.9 Å². The van der Waals surface area contributed by atoms with Crippen molar-refractivity contribution in [3.05, 3.63) is 77.6 Å². The van der Waals surface area contributed by atoms with Crippen LogP contribution in [0.5, 0.6) is 0 Å². The monoisotopic (exact) mass is 442 g/mol. The fourth-order valence-corrected chi connectivity index (χ4v) is 5.54. The fourth-order valence-electron chi connectivity index (χ4n) is 5.54. The Kier molecular flexibility index (Phi) is 8.37. The summed E-state index contributed by atoms with van der Waals surface area (Å²) in [4.78, 5) is 0. The van der Waals surface area contributed by atoms with Gasteiger partial charge in [0.05, 0.1) is 0 Å². The zero-order chi connectivity index (χ0) is 23.0. The van der Waals surface area contributed by atoms with Crippen molar-refractivity contribution in [2.75, 3.05) is 0 Å². The van der Waals surface area contributed by atoms with Gasteiger partial charge in [0.1, 0.15) is 5.82 Å². The molecule has 0 aliphatic heterocycles. The van der Waals surface area contributed by atoms with Gasteiger partial charge in [-0.2, -0.15) is 0 Å². The summed E-state index contributed by atoms with van der Waals surface area (Å²) in [5.41, 5.74) is 4.13. The van der Waals surface area contributed by atoms with Crippen LogP contribution >= 0.6 is 0 Å². The molecule has 33 heavy (non-hydrogen) atoms. The lowest BCUT2D eigenvalue weighted by atomic mass is 9.78. The summed E-state index contributed by atoms with van der Waals surface area (Å²) in [6, 6.07) is 18.5. The molecule has 0 heterocycles. The number of hydrogen-bond acceptors (Lipinski definition) is 0. The lowest BCUT2D eigenvalue weighted by Gasteiger charge is -2.28. The molecule has 0 amide bonds. The summed E-state index contributed by atoms with van der Waals surface area (Å²) in [6.07, 6.45) is 17.8. The number of unbranched alkanes of at least 4 members (excludes halogenated alkanes) is 2. The average Bonchev–Trinajstić information content (AvgIpc) is 2.85. The van der Waals surface area contributed by atoms with E-state index < -0.39 is 0 Å². The van der Waals surface area contributed by atoms with Crippen molar-refractivity contribution in [2.24, 2.45) is 11.8 Å². The lowest BCUT2D eigenvalue weighted by molar-refractivity contribution is 0.249. The average molecular weight is 443 g/mol. The van der Waals surface area contributed by atoms with Crippen LogP contribution < -0.4 is 0 Å². The van der Waals surface area contributed by atoms with Crippen molar-refractivity contribution >= 4 is 16.8 Å². The highest BCUT2D eigenvalue weighted by molar-refractivity contribution is 5.89. The minimum atomic E-state index is -0.122. The first-order chi connectivity index (χ1) is 16.2. The quantitative estimate of drug-likeness (QED) is 0.289. The summed E-state index contributed by atoms with van der Waals surface area (Å²) in [5, 5.41) is 1.64. The standard InChI is InChI=1S/C32H39F/c1-3-5-6-8-24-9-11-25(12-10-24)13-14-26-15-18-28(19-16-26)30-22-20-29-23-27(7-4-2)17-21-31(29)32(30)33/h4,7,15-25H,3,5-6,8-14H2,1-2H3/b7-4+. The van der Waals surface area contributed by atoms with Crippen LogP contribution in [0.2, 0.25) is 0 Å². The van der Waals surface area contributed by atoms with Crippen LogP contribution in [0, 0.1) is 17.7 Å². The second-order valence-electron chi connectivity index (χ2n) is 10.0. The molecular weight excluding hydrogens is 403 g/mol. The van der Waals surface area contributed by atoms with Crippen LogP contribution in [0.15, 0.2) is 60.7 Å². The normalized spacial score (nSPS) is 18.9. The number of rotatable bonds is 9. The van der Waals surface area contributed by atoms with Crippen LogP contribution in [0.25, 0.3) is 28.0 Å². The third kappa shape index (κ3) is 6.14. The lowest BCUT2D eigenvalue weighted by Crippen LogP contribution is -2.15. The smallest absolute Gasteiger partial charge is 0.138 e. The Bertz CT molecular complexity index is 1050. The highest BCUT2D eigenvalue weighted by Crippen LogP contribution is 2.35. The number of halogens is 1. The molecule has 0 unspecified atom stereocenters. The molecule has 1 fully saturated rings. The van der Waals surface area contributed by atoms with E-state index in [0.717, 1.165) is 34.8 Å². The zero-order valence-electron chi connectivity index (χ0n) is 20.5. The molecule has 0 aromatic heterocycles. The van der Waals surface area contributed by atoms with Gasteiger partial charge >= 0.3 is 0 Å². The molecule has 1 heteroatoms. The molecule has 3 aromatic carbocycles. The van der Waals surface area contributed by atoms with Gasteiger partial charge in [-0.1, -0.05) is 119 Å². The molecule has 4 rings (SSSR count). The zero-order valence-corrected chi connectivity index (χ0v) is 20.5. The second-order valence-corrected chi connectivity index (χ2v) is 10.0. The van der Waals surface area contributed by atoms with Gasteiger partial charge in [0, 0.05) is 10.9 Å². The number of aryl methyl sites for hydroxylation is 1. The first kappa shape index (κ1) is 23.7. The maximum absolute atomic E-state index is 15.3. The van der Waals surface area contributed by atoms with Crippen molar-refractivity contribution in [3.63, 3.8) is 0 Å². The predicted molar refractivity (Wildman–Crippen MR) is 142 cm³/mol. The van der Waals surface area contributed by atoms with Gasteiger partial charge in [-0.25, -0.2) is 4.39 Å². The van der Waals surface area contributed by atoms with Crippen LogP contribution in [0.1, 0.15) is 82.8 Å². The Morgan fingerprint density at radius 3 is 2.27 bits per heavy atom. The van der Waals surface area contributed by atoms with E-state index in [9.17, 15) is 0 Å². The minimum Gasteiger partial charge on any atom is -0.206 e. The van der Waals surface area contributed by atoms with E-state index in [-0.39, 0.29) is 5.82 Å². The molecule has 0 radical (unpaired) electrons. The SMILES string of the molecule is C/C=C/c1ccc2c(F)c(-c3ccc(CCC4CCC(CCCCC)CC4)cc3)ccc2c1. The molecule has 0 saturated heterocycles. The molecular formula is C32H39F. The van der Waals surface area contributed by atoms with Gasteiger partial charge in [-0.15, -0.1) is 0 Å². The van der Waals surface area contributed by atoms with Gasteiger partial charge in [-0.05, 0) is 59.7 Å². The van der Waals surface area contributed by atoms with Gasteiger partial charge in [0.2, 0.25) is 0 Å². The Morgan fingerprint density at radius 1 is 0.848 bits per heavy atom. The van der Waals surface area contributed by atoms with Crippen LogP contribution in [-0.4, -0.2) is 0 Å². The predicted octanol–water partition coefficient (Wildman–Crippen LogP) is 10.00. The fraction of sp³-hybridized carbons (Fsp3) is 0.438. The number of benzene rings is 3. The minimum absolute atomic E-state index is 0.122. The molecule has 0 N–H and O–H groups in total. The van der Waals surface area contributed by atoms with Gasteiger partial charge in [0.25, 0.3) is 0 Å². The molecule has 1 saturated carbocycles. The van der Waals surface area contributed by atoms with E-state index in [1.54, 1.807) is 0 Å². The van der Waals surface area contributed by atoms with E-state index in [4.69, 9.17) is 0 Å². The third-order valence-corrected chi connectivity index (χ3v) is 7.63. The van der Waals surface area contributed by atoms with Gasteiger partial charge in [-0.3, -0.25) is 0 Å². The second kappa shape index (κ2) is 11.6. The third-order valence-electron chi connectivity index (χ3n) is 7.63. The van der Waals surface area contributed by atoms with Crippen molar-refractivity contribution in [2.45, 2.75) is 78.1 Å². The maximum Gasteiger partial charge on any atom is 0.138 e. The summed E-state index contributed by atoms with van der Waals surface area (Å²) in [6.45, 7) is 4.29. The van der Waals surface area contributed by atoms with Crippen LogP contribution in [-0.2, 0) is 6.42 Å². The van der Waals surface area contributed by atoms with E-state index in [2.05, 4.69) is 31.2 Å². The molecule has 0 nitrogen and oxygen atoms in total. The Morgan fingerprint density at radius 2 is 1.58 bits per heavy atom. The highest BCUT2D eigenvalue weighted by atomic mass is 19.1. The number of hydrogen-bond donors (Lipinski definition) is 0. The van der Waals surface area contributed by atoms with Crippen molar-refractivity contribution in [1.82, 2.24) is 0 Å². The molecule has 3 aromatic rings. The van der Waals surface area contributed by atoms with Gasteiger partial charge < -0.3 is 0 Å². The summed E-state index contributed by atoms with van der Waals surface area (Å²) < 4.78 is 15.3. The largest absolute Gasteiger partial charge is 0.206 e. The molecule has 0 bridgehead atoms. The van der Waals surface area contributed by atoms with Crippen LogP contribution in [0.4, 0.5) is 4.39 Å². The molecule has 1 aliphatic rings. The van der Waals surface area contributed by atoms with Crippen molar-refractivity contribution in [1.29, 1.82) is 0 Å². The maximum atomic E-state index is 15.3. The van der Waals surface area contributed by atoms with Crippen LogP contribution in [0.3, 0.4) is 0 Å². The summed E-state index contributed by atoms with van der Waals surface area (Å²) >= 11 is 0. The van der Waals surface area contributed by atoms with Crippen molar-refractivity contribution < 1.29 is 4.39 Å². The number of fused-ring (bicyclic) bond motifs is 1. The van der Waals surface area contributed by atoms with Gasteiger partial charge in [0.15, 0.2) is 0 Å². The number of allylic oxidation sites excluding steroid dienone is 1. The summed E-state index contributed by atoms with van der Waals surface area (Å²) in [5.74, 6) is 1.75. The van der Waals surface area contributed by atoms with E-state index in [1.165, 1.54) is 63.4 Å². The first-order valence-electron chi connectivity index (χ1n) is 13.1. The van der Waals surface area contributed by atoms with E-state index >= 15 is 4.39 Å². The topological polar surface area (TPSA) is 0 Å². The Balaban J connectivity index is 1.34. The molecule has 0 atom stereocenters. The Hall–Kier alpha value is -2.41. The molecule has 0 spiro atoms. The van der Waals surface area contributed by atoms with E-state index in [1.807, 2.05) is 49.4 Å². The Labute approximate surface area is 199 Å². The molecule has 174 valence electrons. The summed E-state index contributed by atoms with van der Waals surface area (Å²) in [7, 11) is 0. The highest BCUT2D eigenvalue weighted by Gasteiger charge is 2.20.